The van der Waals surface area contributed by atoms with Crippen LogP contribution < -0.4 is 0 Å². The Hall–Kier alpha value is -1.82. The van der Waals surface area contributed by atoms with Crippen LogP contribution in [-0.4, -0.2) is 40.6 Å². The molecule has 4 aliphatic carbocycles. The van der Waals surface area contributed by atoms with Gasteiger partial charge in [-0.05, 0) is 55.4 Å². The number of ketones is 3. The molecule has 0 heterocycles. The van der Waals surface area contributed by atoms with Gasteiger partial charge >= 0.3 is 5.97 Å². The van der Waals surface area contributed by atoms with Gasteiger partial charge in [0.25, 0.3) is 0 Å². The number of carbonyl (C=O) groups is 4. The van der Waals surface area contributed by atoms with Crippen molar-refractivity contribution < 1.29 is 29.0 Å². The minimum absolute atomic E-state index is 0.0661. The molecule has 30 heavy (non-hydrogen) atoms. The number of ether oxygens (including phenoxy) is 1. The number of esters is 1. The zero-order valence-corrected chi connectivity index (χ0v) is 18.2. The monoisotopic (exact) mass is 416 g/mol. The molecule has 6 heteroatoms. The van der Waals surface area contributed by atoms with Crippen molar-refractivity contribution in [2.75, 3.05) is 6.61 Å². The molecule has 6 nitrogen and oxygen atoms in total. The molecule has 0 radical (unpaired) electrons. The van der Waals surface area contributed by atoms with Gasteiger partial charge in [-0.1, -0.05) is 26.3 Å². The first-order valence-electron chi connectivity index (χ1n) is 11.3. The maximum Gasteiger partial charge on any atom is 0.306 e. The number of hydrogen-bond donors (Lipinski definition) is 1. The summed E-state index contributed by atoms with van der Waals surface area (Å²) in [5, 5.41) is 9.70. The number of fused-ring (bicyclic) bond motifs is 5. The molecule has 1 N–H and O–H groups in total. The lowest BCUT2D eigenvalue weighted by Gasteiger charge is -2.58. The number of allylic oxidation sites excluding steroid dienone is 1. The topological polar surface area (TPSA) is 97.7 Å². The van der Waals surface area contributed by atoms with Crippen molar-refractivity contribution in [2.24, 2.45) is 28.6 Å². The molecular formula is C24H32O6. The number of aliphatic hydroxyl groups excluding tert-OH is 1. The Morgan fingerprint density at radius 2 is 1.90 bits per heavy atom. The quantitative estimate of drug-likeness (QED) is 0.708. The molecule has 4 aliphatic rings. The van der Waals surface area contributed by atoms with Gasteiger partial charge in [0.05, 0.1) is 0 Å². The Morgan fingerprint density at radius 1 is 1.17 bits per heavy atom. The van der Waals surface area contributed by atoms with Gasteiger partial charge in [-0.25, -0.2) is 0 Å². The van der Waals surface area contributed by atoms with E-state index in [2.05, 4.69) is 6.92 Å². The van der Waals surface area contributed by atoms with Gasteiger partial charge in [-0.15, -0.1) is 0 Å². The molecule has 3 fully saturated rings. The predicted octanol–water partition coefficient (Wildman–Crippen LogP) is 2.95. The zero-order valence-electron chi connectivity index (χ0n) is 18.2. The summed E-state index contributed by atoms with van der Waals surface area (Å²) in [5.74, 6) is -0.715. The Kier molecular flexibility index (Phi) is 5.08. The van der Waals surface area contributed by atoms with Gasteiger partial charge in [0, 0.05) is 30.6 Å². The second-order valence-electron chi connectivity index (χ2n) is 10.2. The third-order valence-electron chi connectivity index (χ3n) is 8.95. The fourth-order valence-corrected chi connectivity index (χ4v) is 7.45. The highest BCUT2D eigenvalue weighted by molar-refractivity contribution is 5.95. The lowest BCUT2D eigenvalue weighted by Crippen LogP contribution is -2.62. The maximum atomic E-state index is 13.6. The number of carbonyl (C=O) groups excluding carboxylic acids is 4. The van der Waals surface area contributed by atoms with E-state index < -0.39 is 29.4 Å². The maximum absolute atomic E-state index is 13.6. The van der Waals surface area contributed by atoms with Gasteiger partial charge < -0.3 is 9.84 Å². The number of rotatable bonds is 4. The Morgan fingerprint density at radius 3 is 2.57 bits per heavy atom. The molecule has 0 aromatic heterocycles. The van der Waals surface area contributed by atoms with E-state index in [4.69, 9.17) is 4.74 Å². The summed E-state index contributed by atoms with van der Waals surface area (Å²) in [4.78, 5) is 50.9. The second-order valence-corrected chi connectivity index (χ2v) is 10.2. The van der Waals surface area contributed by atoms with Crippen molar-refractivity contribution >= 4 is 23.3 Å². The van der Waals surface area contributed by atoms with E-state index in [1.165, 1.54) is 0 Å². The Balaban J connectivity index is 1.76. The van der Waals surface area contributed by atoms with E-state index in [0.29, 0.717) is 25.7 Å². The van der Waals surface area contributed by atoms with Crippen molar-refractivity contribution in [3.8, 4) is 0 Å². The minimum atomic E-state index is -1.43. The normalized spacial score (nSPS) is 42.7. The highest BCUT2D eigenvalue weighted by Gasteiger charge is 2.70. The summed E-state index contributed by atoms with van der Waals surface area (Å²) in [6, 6.07) is 0. The largest absolute Gasteiger partial charge is 0.450 e. The van der Waals surface area contributed by atoms with Crippen LogP contribution in [0.2, 0.25) is 0 Å². The first-order chi connectivity index (χ1) is 14.1. The molecule has 4 rings (SSSR count). The molecule has 164 valence electrons. The first-order valence-corrected chi connectivity index (χ1v) is 11.3. The summed E-state index contributed by atoms with van der Waals surface area (Å²) in [7, 11) is 0. The number of aliphatic hydroxyl groups is 1. The van der Waals surface area contributed by atoms with E-state index in [1.54, 1.807) is 13.0 Å². The third-order valence-corrected chi connectivity index (χ3v) is 8.95. The van der Waals surface area contributed by atoms with Crippen LogP contribution in [0.1, 0.15) is 72.1 Å². The Labute approximate surface area is 177 Å². The van der Waals surface area contributed by atoms with Gasteiger partial charge in [-0.3, -0.25) is 19.2 Å². The third kappa shape index (κ3) is 2.72. The highest BCUT2D eigenvalue weighted by Crippen LogP contribution is 2.67. The van der Waals surface area contributed by atoms with Crippen molar-refractivity contribution in [1.29, 1.82) is 0 Å². The van der Waals surface area contributed by atoms with Crippen LogP contribution in [-0.2, 0) is 23.9 Å². The van der Waals surface area contributed by atoms with Crippen LogP contribution in [0, 0.1) is 28.6 Å². The summed E-state index contributed by atoms with van der Waals surface area (Å²) < 4.78 is 5.79. The Bertz CT molecular complexity index is 843. The molecule has 0 amide bonds. The summed E-state index contributed by atoms with van der Waals surface area (Å²) in [5.41, 5.74) is -1.44. The average molecular weight is 417 g/mol. The van der Waals surface area contributed by atoms with Gasteiger partial charge in [0.15, 0.2) is 11.4 Å². The molecule has 0 spiro atoms. The van der Waals surface area contributed by atoms with Crippen LogP contribution in [0.3, 0.4) is 0 Å². The van der Waals surface area contributed by atoms with E-state index in [9.17, 15) is 24.3 Å². The summed E-state index contributed by atoms with van der Waals surface area (Å²) >= 11 is 0. The average Bonchev–Trinajstić information content (AvgIpc) is 3.00. The van der Waals surface area contributed by atoms with Gasteiger partial charge in [0.1, 0.15) is 12.4 Å². The van der Waals surface area contributed by atoms with Crippen LogP contribution in [0.25, 0.3) is 0 Å². The smallest absolute Gasteiger partial charge is 0.306 e. The van der Waals surface area contributed by atoms with E-state index >= 15 is 0 Å². The molecule has 0 bridgehead atoms. The molecule has 0 aromatic rings. The highest BCUT2D eigenvalue weighted by atomic mass is 16.6. The summed E-state index contributed by atoms with van der Waals surface area (Å²) in [6.45, 7) is 5.01. The molecule has 6 atom stereocenters. The standard InChI is InChI=1S/C24H32O6/c1-4-20(29)30-24(19(28)13-25)10-8-17-16-6-5-14-11-15(26)7-9-22(14,2)21(16)18(27)12-23(17,24)3/h11,16-17,21,25H,4-10,12-13H2,1-3H3/t16-,17-,21+,22-,23-,24-/m0/s1. The van der Waals surface area contributed by atoms with Gasteiger partial charge in [-0.2, -0.15) is 0 Å². The van der Waals surface area contributed by atoms with Gasteiger partial charge in [0.2, 0.25) is 5.78 Å². The molecule has 0 aromatic carbocycles. The fourth-order valence-electron chi connectivity index (χ4n) is 7.45. The predicted molar refractivity (Wildman–Crippen MR) is 108 cm³/mol. The molecule has 0 aliphatic heterocycles. The minimum Gasteiger partial charge on any atom is -0.450 e. The van der Waals surface area contributed by atoms with Crippen molar-refractivity contribution in [3.05, 3.63) is 11.6 Å². The molecule has 3 saturated carbocycles. The summed E-state index contributed by atoms with van der Waals surface area (Å²) in [6.07, 6.45) is 5.88. The number of hydrogen-bond acceptors (Lipinski definition) is 6. The molecular weight excluding hydrogens is 384 g/mol. The van der Waals surface area contributed by atoms with Crippen molar-refractivity contribution in [1.82, 2.24) is 0 Å². The number of Topliss-reactive ketones (excluding diaryl/α,β-unsaturated/α-hetero) is 2. The zero-order chi connectivity index (χ0) is 21.9. The van der Waals surface area contributed by atoms with E-state index in [0.717, 1.165) is 18.4 Å². The van der Waals surface area contributed by atoms with Crippen LogP contribution in [0.5, 0.6) is 0 Å². The first kappa shape index (κ1) is 21.4. The lowest BCUT2D eigenvalue weighted by atomic mass is 9.46. The SMILES string of the molecule is CCC(=O)O[C@]1(C(=O)CO)CC[C@H]2[C@@H]3CCC4=CC(=O)CC[C@]4(C)[C@H]3C(=O)C[C@@]21C. The van der Waals surface area contributed by atoms with Crippen LogP contribution in [0.15, 0.2) is 11.6 Å². The van der Waals surface area contributed by atoms with Crippen molar-refractivity contribution in [3.63, 3.8) is 0 Å². The van der Waals surface area contributed by atoms with E-state index in [-0.39, 0.29) is 47.6 Å². The van der Waals surface area contributed by atoms with E-state index in [1.807, 2.05) is 6.92 Å². The molecule has 0 unspecified atom stereocenters. The fraction of sp³-hybridized carbons (Fsp3) is 0.750. The van der Waals surface area contributed by atoms with Crippen LogP contribution in [0.4, 0.5) is 0 Å². The second kappa shape index (κ2) is 7.11. The lowest BCUT2D eigenvalue weighted by molar-refractivity contribution is -0.192. The molecule has 0 saturated heterocycles. The van der Waals surface area contributed by atoms with Crippen LogP contribution >= 0.6 is 0 Å². The van der Waals surface area contributed by atoms with Crippen molar-refractivity contribution in [2.45, 2.75) is 77.7 Å².